The number of halogens is 1. The topological polar surface area (TPSA) is 96.7 Å². The molecule has 33 heavy (non-hydrogen) atoms. The summed E-state index contributed by atoms with van der Waals surface area (Å²) in [4.78, 5) is 23.4. The summed E-state index contributed by atoms with van der Waals surface area (Å²) < 4.78 is 7.13. The van der Waals surface area contributed by atoms with Crippen molar-refractivity contribution in [1.82, 2.24) is 30.3 Å². The fourth-order valence-electron chi connectivity index (χ4n) is 4.29. The maximum absolute atomic E-state index is 12.0. The Morgan fingerprint density at radius 2 is 2.09 bits per heavy atom. The maximum atomic E-state index is 12.0. The van der Waals surface area contributed by atoms with Gasteiger partial charge in [-0.2, -0.15) is 5.10 Å². The molecule has 0 radical (unpaired) electrons. The highest BCUT2D eigenvalue weighted by Crippen LogP contribution is 2.18. The standard InChI is InChI=1S/C23H33N7O2.HI/c1-3-24-23(26-19-10-11-21-27-20(16-32-2)28-30(21)15-19)25-13-17-7-4-5-8-18(17)14-29-12-6-9-22(29)31;/h4-5,7-8,19H,3,6,9-16H2,1-2H3,(H2,24,25,26);1H. The van der Waals surface area contributed by atoms with Crippen LogP contribution in [-0.4, -0.2) is 57.8 Å². The Balaban J connectivity index is 0.00000306. The average Bonchev–Trinajstić information content (AvgIpc) is 3.38. The monoisotopic (exact) mass is 567 g/mol. The minimum Gasteiger partial charge on any atom is -0.377 e. The SMILES string of the molecule is CCNC(=NCc1ccccc1CN1CCCC1=O)NC1CCc2nc(COC)nn2C1.I. The second-order valence-corrected chi connectivity index (χ2v) is 8.32. The molecule has 1 atom stereocenters. The van der Waals surface area contributed by atoms with Crippen molar-refractivity contribution >= 4 is 35.8 Å². The van der Waals surface area contributed by atoms with Crippen LogP contribution in [0.4, 0.5) is 0 Å². The zero-order valence-corrected chi connectivity index (χ0v) is 21.7. The Hall–Kier alpha value is -2.21. The van der Waals surface area contributed by atoms with Gasteiger partial charge in [0.1, 0.15) is 12.4 Å². The summed E-state index contributed by atoms with van der Waals surface area (Å²) in [6, 6.07) is 8.49. The van der Waals surface area contributed by atoms with Gasteiger partial charge in [-0.15, -0.1) is 24.0 Å². The molecule has 0 bridgehead atoms. The molecule has 0 aliphatic carbocycles. The van der Waals surface area contributed by atoms with Gasteiger partial charge in [-0.05, 0) is 30.9 Å². The Morgan fingerprint density at radius 3 is 2.82 bits per heavy atom. The third-order valence-electron chi connectivity index (χ3n) is 5.92. The molecule has 2 N–H and O–H groups in total. The number of ether oxygens (including phenoxy) is 1. The number of carbonyl (C=O) groups excluding carboxylic acids is 1. The molecule has 2 aliphatic heterocycles. The van der Waals surface area contributed by atoms with Gasteiger partial charge < -0.3 is 20.3 Å². The molecule has 1 amide bonds. The van der Waals surface area contributed by atoms with E-state index in [1.165, 1.54) is 0 Å². The van der Waals surface area contributed by atoms with E-state index in [9.17, 15) is 4.79 Å². The first kappa shape index (κ1) is 25.4. The summed E-state index contributed by atoms with van der Waals surface area (Å²) in [7, 11) is 1.66. The molecule has 2 aliphatic rings. The average molecular weight is 567 g/mol. The van der Waals surface area contributed by atoms with E-state index < -0.39 is 0 Å². The number of aryl methyl sites for hydroxylation is 1. The first-order valence-corrected chi connectivity index (χ1v) is 11.5. The highest BCUT2D eigenvalue weighted by molar-refractivity contribution is 14.0. The highest BCUT2D eigenvalue weighted by atomic mass is 127. The van der Waals surface area contributed by atoms with Crippen LogP contribution in [0, 0.1) is 0 Å². The molecule has 1 saturated heterocycles. The van der Waals surface area contributed by atoms with E-state index in [1.54, 1.807) is 7.11 Å². The van der Waals surface area contributed by atoms with Crippen LogP contribution in [0.1, 0.15) is 49.0 Å². The van der Waals surface area contributed by atoms with E-state index in [0.717, 1.165) is 67.6 Å². The van der Waals surface area contributed by atoms with Gasteiger partial charge in [0.25, 0.3) is 0 Å². The highest BCUT2D eigenvalue weighted by Gasteiger charge is 2.23. The van der Waals surface area contributed by atoms with E-state index in [4.69, 9.17) is 9.73 Å². The molecule has 1 aromatic carbocycles. The Morgan fingerprint density at radius 1 is 1.27 bits per heavy atom. The maximum Gasteiger partial charge on any atom is 0.222 e. The molecule has 3 heterocycles. The van der Waals surface area contributed by atoms with Crippen molar-refractivity contribution in [2.24, 2.45) is 4.99 Å². The van der Waals surface area contributed by atoms with Crippen LogP contribution in [0.2, 0.25) is 0 Å². The zero-order chi connectivity index (χ0) is 22.3. The van der Waals surface area contributed by atoms with Crippen molar-refractivity contribution in [3.05, 3.63) is 47.0 Å². The number of guanidine groups is 1. The lowest BCUT2D eigenvalue weighted by atomic mass is 10.1. The minimum atomic E-state index is 0. The number of hydrogen-bond donors (Lipinski definition) is 2. The second kappa shape index (κ2) is 12.3. The lowest BCUT2D eigenvalue weighted by Crippen LogP contribution is -2.47. The summed E-state index contributed by atoms with van der Waals surface area (Å²) in [5.41, 5.74) is 2.31. The molecule has 4 rings (SSSR count). The summed E-state index contributed by atoms with van der Waals surface area (Å²) in [5, 5.41) is 11.5. The first-order valence-electron chi connectivity index (χ1n) is 11.5. The largest absolute Gasteiger partial charge is 0.377 e. The van der Waals surface area contributed by atoms with Crippen molar-refractivity contribution < 1.29 is 9.53 Å². The van der Waals surface area contributed by atoms with Gasteiger partial charge >= 0.3 is 0 Å². The summed E-state index contributed by atoms with van der Waals surface area (Å²) in [5.74, 6) is 2.79. The molecular weight excluding hydrogens is 533 g/mol. The van der Waals surface area contributed by atoms with E-state index >= 15 is 0 Å². The van der Waals surface area contributed by atoms with Crippen LogP contribution in [0.3, 0.4) is 0 Å². The molecule has 2 aromatic rings. The minimum absolute atomic E-state index is 0. The summed E-state index contributed by atoms with van der Waals surface area (Å²) >= 11 is 0. The first-order chi connectivity index (χ1) is 15.7. The van der Waals surface area contributed by atoms with E-state index in [0.29, 0.717) is 26.1 Å². The fourth-order valence-corrected chi connectivity index (χ4v) is 4.29. The van der Waals surface area contributed by atoms with Gasteiger partial charge in [-0.3, -0.25) is 4.79 Å². The van der Waals surface area contributed by atoms with Crippen LogP contribution in [0.5, 0.6) is 0 Å². The number of carbonyl (C=O) groups is 1. The molecule has 0 saturated carbocycles. The van der Waals surface area contributed by atoms with Gasteiger partial charge in [0.2, 0.25) is 5.91 Å². The summed E-state index contributed by atoms with van der Waals surface area (Å²) in [6.07, 6.45) is 3.47. The number of nitrogens with zero attached hydrogens (tertiary/aromatic N) is 5. The van der Waals surface area contributed by atoms with E-state index in [1.807, 2.05) is 21.7 Å². The van der Waals surface area contributed by atoms with Crippen LogP contribution in [0.25, 0.3) is 0 Å². The number of methoxy groups -OCH3 is 1. The predicted octanol–water partition coefficient (Wildman–Crippen LogP) is 2.24. The van der Waals surface area contributed by atoms with Gasteiger partial charge in [0, 0.05) is 45.6 Å². The smallest absolute Gasteiger partial charge is 0.222 e. The molecule has 10 heteroatoms. The van der Waals surface area contributed by atoms with Crippen LogP contribution < -0.4 is 10.6 Å². The number of likely N-dealkylation sites (tertiary alicyclic amines) is 1. The van der Waals surface area contributed by atoms with Gasteiger partial charge in [-0.25, -0.2) is 14.7 Å². The van der Waals surface area contributed by atoms with Gasteiger partial charge in [0.15, 0.2) is 11.8 Å². The number of benzene rings is 1. The number of aromatic nitrogens is 3. The Kier molecular flexibility index (Phi) is 9.48. The lowest BCUT2D eigenvalue weighted by molar-refractivity contribution is -0.128. The number of amides is 1. The molecule has 1 aromatic heterocycles. The van der Waals surface area contributed by atoms with Crippen molar-refractivity contribution in [3.8, 4) is 0 Å². The van der Waals surface area contributed by atoms with Gasteiger partial charge in [0.05, 0.1) is 13.1 Å². The normalized spacial score (nSPS) is 18.1. The third-order valence-corrected chi connectivity index (χ3v) is 5.92. The molecule has 1 fully saturated rings. The van der Waals surface area contributed by atoms with Crippen molar-refractivity contribution in [2.45, 2.75) is 64.9 Å². The Bertz CT molecular complexity index is 962. The predicted molar refractivity (Wildman–Crippen MR) is 137 cm³/mol. The number of nitrogens with one attached hydrogen (secondary N) is 2. The summed E-state index contributed by atoms with van der Waals surface area (Å²) in [6.45, 7) is 6.11. The fraction of sp³-hybridized carbons (Fsp3) is 0.565. The Labute approximate surface area is 212 Å². The van der Waals surface area contributed by atoms with Crippen LogP contribution in [0.15, 0.2) is 29.3 Å². The van der Waals surface area contributed by atoms with Crippen molar-refractivity contribution in [3.63, 3.8) is 0 Å². The zero-order valence-electron chi connectivity index (χ0n) is 19.4. The van der Waals surface area contributed by atoms with Gasteiger partial charge in [-0.1, -0.05) is 24.3 Å². The molecule has 0 spiro atoms. The number of aliphatic imine (C=N–C) groups is 1. The molecule has 1 unspecified atom stereocenters. The van der Waals surface area contributed by atoms with Crippen LogP contribution in [-0.2, 0) is 42.2 Å². The van der Waals surface area contributed by atoms with E-state index in [-0.39, 0.29) is 35.9 Å². The number of rotatable bonds is 8. The lowest BCUT2D eigenvalue weighted by Gasteiger charge is -2.25. The number of fused-ring (bicyclic) bond motifs is 1. The van der Waals surface area contributed by atoms with Crippen molar-refractivity contribution in [2.75, 3.05) is 20.2 Å². The molecular formula is C23H34IN7O2. The van der Waals surface area contributed by atoms with E-state index in [2.05, 4.69) is 39.8 Å². The van der Waals surface area contributed by atoms with Crippen LogP contribution >= 0.6 is 24.0 Å². The number of hydrogen-bond acceptors (Lipinski definition) is 5. The molecule has 180 valence electrons. The third kappa shape index (κ3) is 6.66. The van der Waals surface area contributed by atoms with Crippen molar-refractivity contribution in [1.29, 1.82) is 0 Å². The second-order valence-electron chi connectivity index (χ2n) is 8.32. The molecule has 9 nitrogen and oxygen atoms in total. The quantitative estimate of drug-likeness (QED) is 0.289.